The minimum Gasteiger partial charge on any atom is -0.383 e. The van der Waals surface area contributed by atoms with E-state index in [0.717, 1.165) is 6.54 Å². The topological polar surface area (TPSA) is 133 Å². The number of hydrogen-bond donors (Lipinski definition) is 3. The van der Waals surface area contributed by atoms with Gasteiger partial charge in [0.25, 0.3) is 5.69 Å². The third-order valence-electron chi connectivity index (χ3n) is 5.15. The van der Waals surface area contributed by atoms with Crippen molar-refractivity contribution in [2.45, 2.75) is 45.4 Å². The Bertz CT molecular complexity index is 833. The summed E-state index contributed by atoms with van der Waals surface area (Å²) in [6, 6.07) is 5.10. The molecule has 2 aromatic rings. The molecule has 0 saturated heterocycles. The van der Waals surface area contributed by atoms with Crippen LogP contribution in [-0.4, -0.2) is 21.4 Å². The number of nitro benzene ring substituents is 1. The summed E-state index contributed by atoms with van der Waals surface area (Å²) in [5, 5.41) is 14.9. The van der Waals surface area contributed by atoms with Gasteiger partial charge in [-0.3, -0.25) is 10.1 Å². The van der Waals surface area contributed by atoms with E-state index in [0.29, 0.717) is 34.8 Å². The largest absolute Gasteiger partial charge is 0.383 e. The van der Waals surface area contributed by atoms with Crippen LogP contribution in [0.25, 0.3) is 11.1 Å². The summed E-state index contributed by atoms with van der Waals surface area (Å²) >= 11 is 0. The fourth-order valence-corrected chi connectivity index (χ4v) is 3.75. The van der Waals surface area contributed by atoms with Gasteiger partial charge in [0.05, 0.1) is 10.6 Å². The highest BCUT2D eigenvalue weighted by Crippen LogP contribution is 2.35. The Kier molecular flexibility index (Phi) is 5.73. The van der Waals surface area contributed by atoms with Crippen molar-refractivity contribution in [1.29, 1.82) is 0 Å². The van der Waals surface area contributed by atoms with E-state index in [1.54, 1.807) is 6.07 Å². The first kappa shape index (κ1) is 18.9. The Morgan fingerprint density at radius 2 is 1.96 bits per heavy atom. The van der Waals surface area contributed by atoms with Crippen molar-refractivity contribution >= 4 is 23.1 Å². The summed E-state index contributed by atoms with van der Waals surface area (Å²) in [4.78, 5) is 19.5. The highest BCUT2D eigenvalue weighted by molar-refractivity contribution is 5.81. The van der Waals surface area contributed by atoms with E-state index in [4.69, 9.17) is 11.5 Å². The predicted octanol–water partition coefficient (Wildman–Crippen LogP) is 3.77. The number of hydrogen-bond acceptors (Lipinski definition) is 7. The molecule has 1 aliphatic carbocycles. The van der Waals surface area contributed by atoms with Crippen molar-refractivity contribution in [3.8, 4) is 11.1 Å². The smallest absolute Gasteiger partial charge is 0.292 e. The second-order valence-electron chi connectivity index (χ2n) is 7.02. The van der Waals surface area contributed by atoms with E-state index in [9.17, 15) is 10.1 Å². The Hall–Kier alpha value is -2.90. The standard InChI is InChI=1S/C19H26N6O2/c1-2-14-17(18(20)24-19(21)23-14)13-8-9-15(16(10-13)25(26)27)22-11-12-6-4-3-5-7-12/h8-10,12,22H,2-7,11H2,1H3,(H4,20,21,23,24). The van der Waals surface area contributed by atoms with Gasteiger partial charge in [-0.25, -0.2) is 4.98 Å². The van der Waals surface area contributed by atoms with E-state index in [1.807, 2.05) is 13.0 Å². The number of rotatable bonds is 6. The number of benzene rings is 1. The lowest BCUT2D eigenvalue weighted by atomic mass is 9.89. The van der Waals surface area contributed by atoms with E-state index in [1.165, 1.54) is 38.2 Å². The van der Waals surface area contributed by atoms with E-state index >= 15 is 0 Å². The maximum absolute atomic E-state index is 11.6. The summed E-state index contributed by atoms with van der Waals surface area (Å²) in [5.74, 6) is 0.913. The molecular weight excluding hydrogens is 344 g/mol. The maximum atomic E-state index is 11.6. The van der Waals surface area contributed by atoms with Crippen LogP contribution in [0.3, 0.4) is 0 Å². The molecule has 0 atom stereocenters. The van der Waals surface area contributed by atoms with Crippen molar-refractivity contribution in [3.63, 3.8) is 0 Å². The van der Waals surface area contributed by atoms with Crippen molar-refractivity contribution in [1.82, 2.24) is 9.97 Å². The quantitative estimate of drug-likeness (QED) is 0.520. The molecule has 0 bridgehead atoms. The average molecular weight is 370 g/mol. The van der Waals surface area contributed by atoms with Gasteiger partial charge in [0.15, 0.2) is 0 Å². The molecule has 1 aromatic carbocycles. The predicted molar refractivity (Wildman–Crippen MR) is 107 cm³/mol. The van der Waals surface area contributed by atoms with Crippen LogP contribution in [0.2, 0.25) is 0 Å². The van der Waals surface area contributed by atoms with E-state index in [2.05, 4.69) is 15.3 Å². The first-order chi connectivity index (χ1) is 13.0. The van der Waals surface area contributed by atoms with E-state index in [-0.39, 0.29) is 22.4 Å². The van der Waals surface area contributed by atoms with Gasteiger partial charge in [0, 0.05) is 18.2 Å². The first-order valence-corrected chi connectivity index (χ1v) is 9.44. The van der Waals surface area contributed by atoms with Crippen LogP contribution in [0.1, 0.15) is 44.7 Å². The van der Waals surface area contributed by atoms with Gasteiger partial charge in [0.1, 0.15) is 11.5 Å². The van der Waals surface area contributed by atoms with Crippen LogP contribution in [-0.2, 0) is 6.42 Å². The van der Waals surface area contributed by atoms with Crippen LogP contribution in [0.5, 0.6) is 0 Å². The number of anilines is 3. The molecule has 144 valence electrons. The molecule has 0 amide bonds. The third-order valence-corrected chi connectivity index (χ3v) is 5.15. The number of aromatic nitrogens is 2. The highest BCUT2D eigenvalue weighted by Gasteiger charge is 2.20. The minimum absolute atomic E-state index is 0.0292. The van der Waals surface area contributed by atoms with E-state index < -0.39 is 0 Å². The Morgan fingerprint density at radius 1 is 1.22 bits per heavy atom. The fraction of sp³-hybridized carbons (Fsp3) is 0.474. The summed E-state index contributed by atoms with van der Waals surface area (Å²) in [7, 11) is 0. The second kappa shape index (κ2) is 8.20. The van der Waals surface area contributed by atoms with Crippen molar-refractivity contribution in [3.05, 3.63) is 34.0 Å². The van der Waals surface area contributed by atoms with Gasteiger partial charge in [-0.05, 0) is 36.8 Å². The summed E-state index contributed by atoms with van der Waals surface area (Å²) < 4.78 is 0. The Morgan fingerprint density at radius 3 is 2.63 bits per heavy atom. The molecule has 5 N–H and O–H groups in total. The number of nitrogens with one attached hydrogen (secondary N) is 1. The van der Waals surface area contributed by atoms with Crippen LogP contribution < -0.4 is 16.8 Å². The average Bonchev–Trinajstić information content (AvgIpc) is 2.66. The molecule has 1 saturated carbocycles. The number of nitro groups is 1. The zero-order valence-corrected chi connectivity index (χ0v) is 15.6. The van der Waals surface area contributed by atoms with Gasteiger partial charge >= 0.3 is 0 Å². The van der Waals surface area contributed by atoms with Gasteiger partial charge in [0.2, 0.25) is 5.95 Å². The Balaban J connectivity index is 1.91. The summed E-state index contributed by atoms with van der Waals surface area (Å²) in [5.41, 5.74) is 14.2. The monoisotopic (exact) mass is 370 g/mol. The number of nitrogen functional groups attached to an aromatic ring is 2. The van der Waals surface area contributed by atoms with Gasteiger partial charge in [-0.1, -0.05) is 32.3 Å². The maximum Gasteiger partial charge on any atom is 0.292 e. The van der Waals surface area contributed by atoms with Gasteiger partial charge in [-0.15, -0.1) is 0 Å². The molecule has 1 fully saturated rings. The second-order valence-corrected chi connectivity index (χ2v) is 7.02. The molecule has 8 nitrogen and oxygen atoms in total. The van der Waals surface area contributed by atoms with Crippen molar-refractivity contribution < 1.29 is 4.92 Å². The Labute approximate surface area is 158 Å². The molecule has 8 heteroatoms. The zero-order valence-electron chi connectivity index (χ0n) is 15.6. The molecule has 3 rings (SSSR count). The first-order valence-electron chi connectivity index (χ1n) is 9.44. The third kappa shape index (κ3) is 4.27. The molecular formula is C19H26N6O2. The van der Waals surface area contributed by atoms with Crippen LogP contribution in [0.15, 0.2) is 18.2 Å². The van der Waals surface area contributed by atoms with Gasteiger partial charge < -0.3 is 16.8 Å². The van der Waals surface area contributed by atoms with Gasteiger partial charge in [-0.2, -0.15) is 4.98 Å². The normalized spacial score (nSPS) is 14.9. The molecule has 0 unspecified atom stereocenters. The minimum atomic E-state index is -0.368. The molecule has 0 spiro atoms. The van der Waals surface area contributed by atoms with Crippen LogP contribution >= 0.6 is 0 Å². The van der Waals surface area contributed by atoms with Crippen molar-refractivity contribution in [2.75, 3.05) is 23.3 Å². The zero-order chi connectivity index (χ0) is 19.4. The molecule has 0 aliphatic heterocycles. The lowest BCUT2D eigenvalue weighted by Crippen LogP contribution is -2.17. The molecule has 1 aromatic heterocycles. The van der Waals surface area contributed by atoms with Crippen LogP contribution in [0.4, 0.5) is 23.1 Å². The molecule has 1 aliphatic rings. The summed E-state index contributed by atoms with van der Waals surface area (Å²) in [6.07, 6.45) is 6.72. The SMILES string of the molecule is CCc1nc(N)nc(N)c1-c1ccc(NCC2CCCCC2)c([N+](=O)[O-])c1. The lowest BCUT2D eigenvalue weighted by molar-refractivity contribution is -0.383. The van der Waals surface area contributed by atoms with Crippen molar-refractivity contribution in [2.24, 2.45) is 5.92 Å². The number of nitrogens with zero attached hydrogens (tertiary/aromatic N) is 3. The highest BCUT2D eigenvalue weighted by atomic mass is 16.6. The summed E-state index contributed by atoms with van der Waals surface area (Å²) in [6.45, 7) is 2.69. The fourth-order valence-electron chi connectivity index (χ4n) is 3.75. The molecule has 1 heterocycles. The van der Waals surface area contributed by atoms with Crippen LogP contribution in [0, 0.1) is 16.0 Å². The molecule has 0 radical (unpaired) electrons. The molecule has 27 heavy (non-hydrogen) atoms. The number of nitrogens with two attached hydrogens (primary N) is 2. The number of aryl methyl sites for hydroxylation is 1. The lowest BCUT2D eigenvalue weighted by Gasteiger charge is -2.22.